The van der Waals surface area contributed by atoms with Crippen molar-refractivity contribution < 1.29 is 14.3 Å². The number of hydrogen-bond acceptors (Lipinski definition) is 3. The van der Waals surface area contributed by atoms with Crippen molar-refractivity contribution in [3.05, 3.63) is 59.7 Å². The summed E-state index contributed by atoms with van der Waals surface area (Å²) in [6.45, 7) is 2.37. The summed E-state index contributed by atoms with van der Waals surface area (Å²) in [5.41, 5.74) is 2.30. The predicted octanol–water partition coefficient (Wildman–Crippen LogP) is 4.39. The van der Waals surface area contributed by atoms with E-state index >= 15 is 0 Å². The Morgan fingerprint density at radius 1 is 1.04 bits per heavy atom. The average molecular weight is 365 g/mol. The number of methoxy groups -OCH3 is 1. The smallest absolute Gasteiger partial charge is 0.226 e. The number of benzene rings is 2. The largest absolute Gasteiger partial charge is 0.493 e. The summed E-state index contributed by atoms with van der Waals surface area (Å²) in [4.78, 5) is 14.8. The number of carbonyl (C=O) groups excluding carboxylic acids is 1. The van der Waals surface area contributed by atoms with Crippen LogP contribution in [-0.4, -0.2) is 31.0 Å². The molecule has 1 heterocycles. The number of piperidine rings is 1. The predicted molar refractivity (Wildman–Crippen MR) is 105 cm³/mol. The molecule has 0 spiro atoms. The summed E-state index contributed by atoms with van der Waals surface area (Å²) >= 11 is 0. The van der Waals surface area contributed by atoms with Crippen LogP contribution in [0.1, 0.15) is 42.7 Å². The molecule has 1 amide bonds. The summed E-state index contributed by atoms with van der Waals surface area (Å²) < 4.78 is 11.5. The fraction of sp³-hybridized carbons (Fsp3) is 0.435. The molecule has 0 unspecified atom stereocenters. The minimum atomic E-state index is 0.142. The maximum absolute atomic E-state index is 12.7. The molecule has 27 heavy (non-hydrogen) atoms. The highest BCUT2D eigenvalue weighted by Gasteiger charge is 2.46. The Labute approximate surface area is 161 Å². The van der Waals surface area contributed by atoms with Crippen molar-refractivity contribution in [1.82, 2.24) is 4.90 Å². The Kier molecular flexibility index (Phi) is 5.33. The minimum Gasteiger partial charge on any atom is -0.493 e. The number of hydrogen-bond donors (Lipinski definition) is 0. The first kappa shape index (κ1) is 17.9. The van der Waals surface area contributed by atoms with Crippen LogP contribution in [0.4, 0.5) is 0 Å². The third-order valence-corrected chi connectivity index (χ3v) is 5.63. The molecule has 1 saturated carbocycles. The van der Waals surface area contributed by atoms with Gasteiger partial charge in [0, 0.05) is 19.0 Å². The molecule has 2 fully saturated rings. The summed E-state index contributed by atoms with van der Waals surface area (Å²) in [5, 5.41) is 0. The lowest BCUT2D eigenvalue weighted by Gasteiger charge is -2.27. The van der Waals surface area contributed by atoms with E-state index in [4.69, 9.17) is 9.47 Å². The van der Waals surface area contributed by atoms with Crippen LogP contribution in [0.3, 0.4) is 0 Å². The van der Waals surface area contributed by atoms with Crippen LogP contribution in [0.15, 0.2) is 48.5 Å². The Morgan fingerprint density at radius 2 is 1.81 bits per heavy atom. The first-order valence-corrected chi connectivity index (χ1v) is 9.89. The van der Waals surface area contributed by atoms with Gasteiger partial charge >= 0.3 is 0 Å². The number of nitrogens with zero attached hydrogens (tertiary/aromatic N) is 1. The zero-order chi connectivity index (χ0) is 18.6. The van der Waals surface area contributed by atoms with Crippen LogP contribution in [0.2, 0.25) is 0 Å². The van der Waals surface area contributed by atoms with Crippen molar-refractivity contribution in [3.63, 3.8) is 0 Å². The van der Waals surface area contributed by atoms with E-state index in [0.29, 0.717) is 18.4 Å². The van der Waals surface area contributed by atoms with Gasteiger partial charge in [0.05, 0.1) is 7.11 Å². The van der Waals surface area contributed by atoms with Gasteiger partial charge in [0.15, 0.2) is 11.5 Å². The van der Waals surface area contributed by atoms with Gasteiger partial charge in [0.1, 0.15) is 6.61 Å². The zero-order valence-corrected chi connectivity index (χ0v) is 15.9. The molecule has 1 aliphatic carbocycles. The third-order valence-electron chi connectivity index (χ3n) is 5.63. The summed E-state index contributed by atoms with van der Waals surface area (Å²) in [6.07, 6.45) is 4.48. The van der Waals surface area contributed by atoms with Crippen LogP contribution in [0.25, 0.3) is 0 Å². The molecule has 142 valence electrons. The van der Waals surface area contributed by atoms with Crippen LogP contribution in [-0.2, 0) is 11.4 Å². The topological polar surface area (TPSA) is 38.8 Å². The van der Waals surface area contributed by atoms with Crippen LogP contribution >= 0.6 is 0 Å². The first-order valence-electron chi connectivity index (χ1n) is 9.89. The average Bonchev–Trinajstić information content (AvgIpc) is 3.54. The van der Waals surface area contributed by atoms with Crippen molar-refractivity contribution in [2.75, 3.05) is 20.2 Å². The van der Waals surface area contributed by atoms with Crippen LogP contribution < -0.4 is 9.47 Å². The van der Waals surface area contributed by atoms with Crippen molar-refractivity contribution in [2.45, 2.75) is 38.2 Å². The van der Waals surface area contributed by atoms with Gasteiger partial charge in [-0.2, -0.15) is 0 Å². The van der Waals surface area contributed by atoms with E-state index in [9.17, 15) is 4.79 Å². The number of ether oxygens (including phenoxy) is 2. The quantitative estimate of drug-likeness (QED) is 0.762. The normalized spacial score (nSPS) is 21.6. The summed E-state index contributed by atoms with van der Waals surface area (Å²) in [5.74, 6) is 2.27. The minimum absolute atomic E-state index is 0.142. The molecule has 2 aliphatic rings. The number of carbonyl (C=O) groups is 1. The zero-order valence-electron chi connectivity index (χ0n) is 15.9. The Hall–Kier alpha value is -2.49. The summed E-state index contributed by atoms with van der Waals surface area (Å²) in [7, 11) is 1.66. The maximum atomic E-state index is 12.7. The van der Waals surface area contributed by atoms with E-state index in [2.05, 4.69) is 11.0 Å². The molecule has 0 radical (unpaired) electrons. The monoisotopic (exact) mass is 365 g/mol. The molecule has 0 bridgehead atoms. The molecular formula is C23H27NO3. The highest BCUT2D eigenvalue weighted by molar-refractivity contribution is 5.83. The fourth-order valence-electron chi connectivity index (χ4n) is 3.95. The van der Waals surface area contributed by atoms with Crippen molar-refractivity contribution in [2.24, 2.45) is 5.92 Å². The third kappa shape index (κ3) is 4.10. The van der Waals surface area contributed by atoms with Crippen LogP contribution in [0.5, 0.6) is 11.5 Å². The van der Waals surface area contributed by atoms with Gasteiger partial charge in [-0.3, -0.25) is 4.79 Å². The highest BCUT2D eigenvalue weighted by Crippen LogP contribution is 2.50. The van der Waals surface area contributed by atoms with Gasteiger partial charge in [-0.05, 0) is 54.9 Å². The maximum Gasteiger partial charge on any atom is 0.226 e. The number of rotatable bonds is 6. The molecule has 1 aliphatic heterocycles. The van der Waals surface area contributed by atoms with Gasteiger partial charge in [0.2, 0.25) is 5.91 Å². The fourth-order valence-corrected chi connectivity index (χ4v) is 3.95. The molecule has 4 rings (SSSR count). The van der Waals surface area contributed by atoms with E-state index in [1.54, 1.807) is 7.11 Å². The molecule has 2 atom stereocenters. The SMILES string of the molecule is COc1cc([C@H]2C[C@@H]2C(=O)N2CCCCC2)ccc1OCc1ccccc1. The second-order valence-corrected chi connectivity index (χ2v) is 7.52. The van der Waals surface area contributed by atoms with E-state index in [1.165, 1.54) is 12.0 Å². The Morgan fingerprint density at radius 3 is 2.56 bits per heavy atom. The Balaban J connectivity index is 1.40. The first-order chi connectivity index (χ1) is 13.3. The molecule has 4 nitrogen and oxygen atoms in total. The molecule has 0 N–H and O–H groups in total. The molecule has 2 aromatic carbocycles. The van der Waals surface area contributed by atoms with Crippen LogP contribution in [0, 0.1) is 5.92 Å². The van der Waals surface area contributed by atoms with Gasteiger partial charge in [-0.25, -0.2) is 0 Å². The van der Waals surface area contributed by atoms with Gasteiger partial charge in [-0.1, -0.05) is 36.4 Å². The molecule has 4 heteroatoms. The van der Waals surface area contributed by atoms with Crippen molar-refractivity contribution >= 4 is 5.91 Å². The van der Waals surface area contributed by atoms with E-state index in [1.807, 2.05) is 42.5 Å². The van der Waals surface area contributed by atoms with E-state index in [-0.39, 0.29) is 5.92 Å². The standard InChI is InChI=1S/C23H27NO3/c1-26-22-14-18(10-11-21(22)27-16-17-8-4-2-5-9-17)19-15-20(19)23(25)24-12-6-3-7-13-24/h2,4-5,8-11,14,19-20H,3,6-7,12-13,15-16H2,1H3/t19-,20+/m1/s1. The number of amides is 1. The second-order valence-electron chi connectivity index (χ2n) is 7.52. The highest BCUT2D eigenvalue weighted by atomic mass is 16.5. The lowest BCUT2D eigenvalue weighted by molar-refractivity contribution is -0.133. The van der Waals surface area contributed by atoms with E-state index in [0.717, 1.165) is 49.4 Å². The molecule has 2 aromatic rings. The lowest BCUT2D eigenvalue weighted by Crippen LogP contribution is -2.36. The van der Waals surface area contributed by atoms with Gasteiger partial charge < -0.3 is 14.4 Å². The Bertz CT molecular complexity index is 783. The van der Waals surface area contributed by atoms with Gasteiger partial charge in [0.25, 0.3) is 0 Å². The van der Waals surface area contributed by atoms with Crippen molar-refractivity contribution in [3.8, 4) is 11.5 Å². The molecule has 1 saturated heterocycles. The summed E-state index contributed by atoms with van der Waals surface area (Å²) in [6, 6.07) is 16.2. The molecule has 0 aromatic heterocycles. The van der Waals surface area contributed by atoms with Crippen molar-refractivity contribution in [1.29, 1.82) is 0 Å². The second kappa shape index (κ2) is 8.03. The number of likely N-dealkylation sites (tertiary alicyclic amines) is 1. The van der Waals surface area contributed by atoms with E-state index < -0.39 is 0 Å². The lowest BCUT2D eigenvalue weighted by atomic mass is 10.1. The van der Waals surface area contributed by atoms with Gasteiger partial charge in [-0.15, -0.1) is 0 Å². The molecular weight excluding hydrogens is 338 g/mol.